The van der Waals surface area contributed by atoms with Gasteiger partial charge in [-0.25, -0.2) is 0 Å². The van der Waals surface area contributed by atoms with Crippen LogP contribution in [0.3, 0.4) is 0 Å². The molecule has 4 heteroatoms. The lowest BCUT2D eigenvalue weighted by Crippen LogP contribution is -2.12. The molecule has 0 bridgehead atoms. The summed E-state index contributed by atoms with van der Waals surface area (Å²) in [7, 11) is 0. The van der Waals surface area contributed by atoms with Crippen LogP contribution in [0.1, 0.15) is 5.56 Å². The monoisotopic (exact) mass is 328 g/mol. The van der Waals surface area contributed by atoms with E-state index in [0.29, 0.717) is 5.56 Å². The second kappa shape index (κ2) is 5.80. The van der Waals surface area contributed by atoms with Crippen LogP contribution in [0.15, 0.2) is 70.8 Å². The summed E-state index contributed by atoms with van der Waals surface area (Å²) in [6, 6.07) is 21.8. The number of benzene rings is 2. The van der Waals surface area contributed by atoms with E-state index in [1.807, 2.05) is 72.1 Å². The summed E-state index contributed by atoms with van der Waals surface area (Å²) in [6.07, 6.45) is 0. The van der Waals surface area contributed by atoms with Gasteiger partial charge in [-0.15, -0.1) is 11.3 Å². The molecular weight excluding hydrogens is 316 g/mol. The van der Waals surface area contributed by atoms with Crippen LogP contribution < -0.4 is 5.56 Å². The maximum Gasteiger partial charge on any atom is 0.267 e. The molecule has 2 aromatic heterocycles. The van der Waals surface area contributed by atoms with Crippen LogP contribution in [0, 0.1) is 11.3 Å². The fourth-order valence-corrected chi connectivity index (χ4v) is 3.65. The van der Waals surface area contributed by atoms with Gasteiger partial charge in [0.1, 0.15) is 11.6 Å². The van der Waals surface area contributed by atoms with Crippen molar-refractivity contribution in [2.45, 2.75) is 0 Å². The predicted octanol–water partition coefficient (Wildman–Crippen LogP) is 4.80. The standard InChI is InChI=1S/C20H12N2OS/c21-12-17-16(19-9-4-10-24-19)11-18(22-20(17)23)15-8-3-6-13-5-1-2-7-14(13)15/h1-11H,(H,22,23). The van der Waals surface area contributed by atoms with Gasteiger partial charge in [-0.1, -0.05) is 48.5 Å². The van der Waals surface area contributed by atoms with Crippen molar-refractivity contribution in [2.75, 3.05) is 0 Å². The Morgan fingerprint density at radius 3 is 2.58 bits per heavy atom. The minimum Gasteiger partial charge on any atom is -0.321 e. The van der Waals surface area contributed by atoms with E-state index in [4.69, 9.17) is 0 Å². The summed E-state index contributed by atoms with van der Waals surface area (Å²) in [6.45, 7) is 0. The third kappa shape index (κ3) is 2.32. The summed E-state index contributed by atoms with van der Waals surface area (Å²) in [5.74, 6) is 0. The first-order valence-corrected chi connectivity index (χ1v) is 8.35. The average Bonchev–Trinajstić information content (AvgIpc) is 3.15. The van der Waals surface area contributed by atoms with Crippen molar-refractivity contribution in [3.63, 3.8) is 0 Å². The molecule has 2 heterocycles. The topological polar surface area (TPSA) is 56.6 Å². The van der Waals surface area contributed by atoms with E-state index in [0.717, 1.165) is 26.9 Å². The third-order valence-corrected chi connectivity index (χ3v) is 4.91. The van der Waals surface area contributed by atoms with Crippen LogP contribution in [-0.2, 0) is 0 Å². The van der Waals surface area contributed by atoms with Crippen LogP contribution in [0.2, 0.25) is 0 Å². The molecule has 4 aromatic rings. The summed E-state index contributed by atoms with van der Waals surface area (Å²) in [4.78, 5) is 16.2. The minimum atomic E-state index is -0.355. The highest BCUT2D eigenvalue weighted by Crippen LogP contribution is 2.32. The van der Waals surface area contributed by atoms with E-state index in [9.17, 15) is 10.1 Å². The molecule has 0 saturated heterocycles. The maximum atomic E-state index is 12.4. The number of rotatable bonds is 2. The smallest absolute Gasteiger partial charge is 0.267 e. The Morgan fingerprint density at radius 1 is 0.958 bits per heavy atom. The number of thiophene rings is 1. The van der Waals surface area contributed by atoms with Crippen LogP contribution in [-0.4, -0.2) is 4.98 Å². The summed E-state index contributed by atoms with van der Waals surface area (Å²) in [5, 5.41) is 13.5. The van der Waals surface area contributed by atoms with Crippen molar-refractivity contribution in [2.24, 2.45) is 0 Å². The normalized spacial score (nSPS) is 10.6. The van der Waals surface area contributed by atoms with E-state index >= 15 is 0 Å². The number of nitriles is 1. The van der Waals surface area contributed by atoms with E-state index in [1.165, 1.54) is 11.3 Å². The highest BCUT2D eigenvalue weighted by molar-refractivity contribution is 7.13. The molecule has 3 nitrogen and oxygen atoms in total. The number of pyridine rings is 1. The lowest BCUT2D eigenvalue weighted by molar-refractivity contribution is 1.22. The molecule has 0 amide bonds. The lowest BCUT2D eigenvalue weighted by Gasteiger charge is -2.09. The van der Waals surface area contributed by atoms with Crippen LogP contribution in [0.25, 0.3) is 32.5 Å². The van der Waals surface area contributed by atoms with Gasteiger partial charge >= 0.3 is 0 Å². The number of aromatic amines is 1. The molecule has 114 valence electrons. The Labute approximate surface area is 142 Å². The molecule has 0 fully saturated rings. The highest BCUT2D eigenvalue weighted by atomic mass is 32.1. The Kier molecular flexibility index (Phi) is 3.49. The Hall–Kier alpha value is -3.16. The quantitative estimate of drug-likeness (QED) is 0.575. The molecule has 0 radical (unpaired) electrons. The fourth-order valence-electron chi connectivity index (χ4n) is 2.90. The molecule has 0 aliphatic carbocycles. The van der Waals surface area contributed by atoms with Crippen molar-refractivity contribution in [3.05, 3.63) is 82.0 Å². The first kappa shape index (κ1) is 14.4. The summed E-state index contributed by atoms with van der Waals surface area (Å²) in [5.41, 5.74) is 2.15. The van der Waals surface area contributed by atoms with Crippen molar-refractivity contribution in [1.82, 2.24) is 4.98 Å². The molecule has 2 aromatic carbocycles. The number of hydrogen-bond acceptors (Lipinski definition) is 3. The van der Waals surface area contributed by atoms with Gasteiger partial charge < -0.3 is 4.98 Å². The zero-order chi connectivity index (χ0) is 16.5. The van der Waals surface area contributed by atoms with Gasteiger partial charge in [-0.05, 0) is 28.3 Å². The number of hydrogen-bond donors (Lipinski definition) is 1. The van der Waals surface area contributed by atoms with E-state index in [-0.39, 0.29) is 11.1 Å². The largest absolute Gasteiger partial charge is 0.321 e. The van der Waals surface area contributed by atoms with Crippen molar-refractivity contribution >= 4 is 22.1 Å². The second-order valence-electron chi connectivity index (χ2n) is 5.42. The van der Waals surface area contributed by atoms with E-state index in [1.54, 1.807) is 0 Å². The second-order valence-corrected chi connectivity index (χ2v) is 6.36. The lowest BCUT2D eigenvalue weighted by atomic mass is 9.99. The Balaban J connectivity index is 2.03. The van der Waals surface area contributed by atoms with Gasteiger partial charge in [0.2, 0.25) is 0 Å². The SMILES string of the molecule is N#Cc1c(-c2cccs2)cc(-c2cccc3ccccc23)[nH]c1=O. The van der Waals surface area contributed by atoms with Gasteiger partial charge in [0.05, 0.1) is 0 Å². The van der Waals surface area contributed by atoms with Crippen molar-refractivity contribution < 1.29 is 0 Å². The number of H-pyrrole nitrogens is 1. The zero-order valence-electron chi connectivity index (χ0n) is 12.6. The molecule has 0 aliphatic heterocycles. The van der Waals surface area contributed by atoms with Gasteiger partial charge in [-0.3, -0.25) is 4.79 Å². The predicted molar refractivity (Wildman–Crippen MR) is 98.0 cm³/mol. The third-order valence-electron chi connectivity index (χ3n) is 4.01. The fraction of sp³-hybridized carbons (Fsp3) is 0. The van der Waals surface area contributed by atoms with Crippen LogP contribution >= 0.6 is 11.3 Å². The molecule has 0 saturated carbocycles. The van der Waals surface area contributed by atoms with Crippen LogP contribution in [0.5, 0.6) is 0 Å². The first-order valence-electron chi connectivity index (χ1n) is 7.47. The van der Waals surface area contributed by atoms with Gasteiger partial charge in [-0.2, -0.15) is 5.26 Å². The van der Waals surface area contributed by atoms with Crippen LogP contribution in [0.4, 0.5) is 0 Å². The maximum absolute atomic E-state index is 12.4. The zero-order valence-corrected chi connectivity index (χ0v) is 13.4. The number of fused-ring (bicyclic) bond motifs is 1. The van der Waals surface area contributed by atoms with Crippen molar-refractivity contribution in [3.8, 4) is 27.8 Å². The molecule has 4 rings (SSSR count). The molecule has 0 unspecified atom stereocenters. The van der Waals surface area contributed by atoms with E-state index in [2.05, 4.69) is 4.98 Å². The number of nitrogens with zero attached hydrogens (tertiary/aromatic N) is 1. The summed E-state index contributed by atoms with van der Waals surface area (Å²) < 4.78 is 0. The molecule has 0 atom stereocenters. The highest BCUT2D eigenvalue weighted by Gasteiger charge is 2.14. The molecule has 0 aliphatic rings. The molecular formula is C20H12N2OS. The molecule has 24 heavy (non-hydrogen) atoms. The minimum absolute atomic E-state index is 0.154. The summed E-state index contributed by atoms with van der Waals surface area (Å²) >= 11 is 1.52. The first-order chi connectivity index (χ1) is 11.8. The molecule has 0 spiro atoms. The Bertz CT molecular complexity index is 1130. The van der Waals surface area contributed by atoms with Gasteiger partial charge in [0.25, 0.3) is 5.56 Å². The Morgan fingerprint density at radius 2 is 1.79 bits per heavy atom. The van der Waals surface area contributed by atoms with E-state index < -0.39 is 0 Å². The van der Waals surface area contributed by atoms with Crippen molar-refractivity contribution in [1.29, 1.82) is 5.26 Å². The van der Waals surface area contributed by atoms with Gasteiger partial charge in [0.15, 0.2) is 0 Å². The van der Waals surface area contributed by atoms with Gasteiger partial charge in [0, 0.05) is 21.7 Å². The number of nitrogens with one attached hydrogen (secondary N) is 1. The molecule has 1 N–H and O–H groups in total. The number of aromatic nitrogens is 1. The average molecular weight is 328 g/mol.